The highest BCUT2D eigenvalue weighted by Gasteiger charge is 2.33. The van der Waals surface area contributed by atoms with Crippen LogP contribution in [0.5, 0.6) is 0 Å². The van der Waals surface area contributed by atoms with Crippen molar-refractivity contribution >= 4 is 11.9 Å². The zero-order valence-corrected chi connectivity index (χ0v) is 12.1. The summed E-state index contributed by atoms with van der Waals surface area (Å²) in [5, 5.41) is 0. The number of ketones is 1. The van der Waals surface area contributed by atoms with Gasteiger partial charge in [0.05, 0.1) is 6.04 Å². The maximum Gasteiger partial charge on any atom is 0.410 e. The Hall–Kier alpha value is -2.62. The van der Waals surface area contributed by atoms with Gasteiger partial charge in [0.1, 0.15) is 6.61 Å². The molecule has 0 saturated carbocycles. The minimum atomic E-state index is -0.352. The van der Waals surface area contributed by atoms with Crippen LogP contribution in [0, 0.1) is 0 Å². The van der Waals surface area contributed by atoms with Gasteiger partial charge in [-0.3, -0.25) is 9.69 Å². The van der Waals surface area contributed by atoms with E-state index in [4.69, 9.17) is 4.74 Å². The molecule has 4 nitrogen and oxygen atoms in total. The standard InChI is InChI=1S/C18H17NO3/c20-17(15-9-5-2-6-10-15)11-12-19-16(13-22-18(19)21)14-7-3-1-4-8-14/h1-10,16H,11-13H2/t16-/m1/s1. The maximum atomic E-state index is 12.2. The van der Waals surface area contributed by atoms with Crippen LogP contribution in [-0.4, -0.2) is 29.9 Å². The normalized spacial score (nSPS) is 17.4. The molecule has 1 aliphatic rings. The van der Waals surface area contributed by atoms with Crippen molar-refractivity contribution in [1.29, 1.82) is 0 Å². The zero-order chi connectivity index (χ0) is 15.4. The third-order valence-electron chi connectivity index (χ3n) is 3.84. The van der Waals surface area contributed by atoms with E-state index in [1.807, 2.05) is 48.5 Å². The second-order valence-electron chi connectivity index (χ2n) is 5.24. The molecule has 4 heteroatoms. The van der Waals surface area contributed by atoms with E-state index in [1.165, 1.54) is 0 Å². The Morgan fingerprint density at radius 3 is 2.36 bits per heavy atom. The molecular formula is C18H17NO3. The lowest BCUT2D eigenvalue weighted by molar-refractivity contribution is 0.0966. The van der Waals surface area contributed by atoms with Crippen molar-refractivity contribution in [3.63, 3.8) is 0 Å². The van der Waals surface area contributed by atoms with E-state index in [-0.39, 0.29) is 17.9 Å². The summed E-state index contributed by atoms with van der Waals surface area (Å²) in [5.41, 5.74) is 1.70. The van der Waals surface area contributed by atoms with Crippen LogP contribution in [0.25, 0.3) is 0 Å². The van der Waals surface area contributed by atoms with Gasteiger partial charge in [-0.15, -0.1) is 0 Å². The fourth-order valence-corrected chi connectivity index (χ4v) is 2.64. The molecule has 1 saturated heterocycles. The van der Waals surface area contributed by atoms with Gasteiger partial charge in [0.15, 0.2) is 5.78 Å². The molecule has 3 rings (SSSR count). The SMILES string of the molecule is O=C(CCN1C(=O)OC[C@@H]1c1ccccc1)c1ccccc1. The van der Waals surface area contributed by atoms with Crippen LogP contribution in [0.1, 0.15) is 28.4 Å². The molecule has 1 fully saturated rings. The molecule has 0 aliphatic carbocycles. The fourth-order valence-electron chi connectivity index (χ4n) is 2.64. The average Bonchev–Trinajstić information content (AvgIpc) is 2.95. The van der Waals surface area contributed by atoms with Crippen molar-refractivity contribution in [2.75, 3.05) is 13.2 Å². The van der Waals surface area contributed by atoms with Gasteiger partial charge in [0.2, 0.25) is 0 Å². The van der Waals surface area contributed by atoms with Crippen molar-refractivity contribution in [3.05, 3.63) is 71.8 Å². The van der Waals surface area contributed by atoms with Crippen LogP contribution in [0.3, 0.4) is 0 Å². The summed E-state index contributed by atoms with van der Waals surface area (Å²) in [4.78, 5) is 25.7. The molecule has 1 amide bonds. The molecule has 22 heavy (non-hydrogen) atoms. The van der Waals surface area contributed by atoms with Crippen molar-refractivity contribution in [1.82, 2.24) is 4.90 Å². The first-order valence-electron chi connectivity index (χ1n) is 7.32. The molecule has 0 unspecified atom stereocenters. The summed E-state index contributed by atoms with van der Waals surface area (Å²) in [5.74, 6) is 0.0344. The third kappa shape index (κ3) is 3.01. The molecule has 0 aromatic heterocycles. The summed E-state index contributed by atoms with van der Waals surface area (Å²) in [6.07, 6.45) is -0.0580. The Morgan fingerprint density at radius 1 is 1.05 bits per heavy atom. The lowest BCUT2D eigenvalue weighted by atomic mass is 10.1. The van der Waals surface area contributed by atoms with Gasteiger partial charge in [0, 0.05) is 18.5 Å². The molecule has 0 spiro atoms. The number of nitrogens with zero attached hydrogens (tertiary/aromatic N) is 1. The van der Waals surface area contributed by atoms with E-state index in [0.29, 0.717) is 25.1 Å². The van der Waals surface area contributed by atoms with Crippen LogP contribution in [0.4, 0.5) is 4.79 Å². The summed E-state index contributed by atoms with van der Waals surface area (Å²) in [6, 6.07) is 18.8. The van der Waals surface area contributed by atoms with Gasteiger partial charge in [-0.1, -0.05) is 60.7 Å². The maximum absolute atomic E-state index is 12.2. The van der Waals surface area contributed by atoms with E-state index in [0.717, 1.165) is 5.56 Å². The molecular weight excluding hydrogens is 278 g/mol. The molecule has 0 bridgehead atoms. The quantitative estimate of drug-likeness (QED) is 0.794. The van der Waals surface area contributed by atoms with Gasteiger partial charge >= 0.3 is 6.09 Å². The van der Waals surface area contributed by atoms with Crippen molar-refractivity contribution in [3.8, 4) is 0 Å². The number of amides is 1. The molecule has 2 aromatic carbocycles. The molecule has 0 radical (unpaired) electrons. The van der Waals surface area contributed by atoms with Gasteiger partial charge in [-0.25, -0.2) is 4.79 Å². The second kappa shape index (κ2) is 6.43. The predicted molar refractivity (Wildman–Crippen MR) is 82.6 cm³/mol. The Balaban J connectivity index is 1.68. The second-order valence-corrected chi connectivity index (χ2v) is 5.24. The molecule has 1 heterocycles. The number of benzene rings is 2. The van der Waals surface area contributed by atoms with Crippen LogP contribution >= 0.6 is 0 Å². The minimum absolute atomic E-state index is 0.0344. The number of carbonyl (C=O) groups is 2. The van der Waals surface area contributed by atoms with Crippen LogP contribution in [0.15, 0.2) is 60.7 Å². The molecule has 112 valence electrons. The first kappa shape index (κ1) is 14.3. The lowest BCUT2D eigenvalue weighted by Crippen LogP contribution is -2.30. The number of hydrogen-bond donors (Lipinski definition) is 0. The first-order valence-corrected chi connectivity index (χ1v) is 7.32. The van der Waals surface area contributed by atoms with Gasteiger partial charge in [-0.2, -0.15) is 0 Å². The number of cyclic esters (lactones) is 1. The Kier molecular flexibility index (Phi) is 4.19. The summed E-state index contributed by atoms with van der Waals surface area (Å²) < 4.78 is 5.15. The number of rotatable bonds is 5. The zero-order valence-electron chi connectivity index (χ0n) is 12.1. The molecule has 0 N–H and O–H groups in total. The third-order valence-corrected chi connectivity index (χ3v) is 3.84. The predicted octanol–water partition coefficient (Wildman–Crippen LogP) is 3.45. The van der Waals surface area contributed by atoms with Gasteiger partial charge in [0.25, 0.3) is 0 Å². The highest BCUT2D eigenvalue weighted by molar-refractivity contribution is 5.96. The summed E-state index contributed by atoms with van der Waals surface area (Å²) in [6.45, 7) is 0.703. The highest BCUT2D eigenvalue weighted by Crippen LogP contribution is 2.27. The van der Waals surface area contributed by atoms with E-state index in [2.05, 4.69) is 0 Å². The Morgan fingerprint density at radius 2 is 1.68 bits per heavy atom. The fraction of sp³-hybridized carbons (Fsp3) is 0.222. The van der Waals surface area contributed by atoms with Crippen LogP contribution in [-0.2, 0) is 4.74 Å². The highest BCUT2D eigenvalue weighted by atomic mass is 16.6. The monoisotopic (exact) mass is 295 g/mol. The summed E-state index contributed by atoms with van der Waals surface area (Å²) in [7, 11) is 0. The van der Waals surface area contributed by atoms with Crippen molar-refractivity contribution in [2.45, 2.75) is 12.5 Å². The van der Waals surface area contributed by atoms with Gasteiger partial charge in [-0.05, 0) is 5.56 Å². The van der Waals surface area contributed by atoms with Crippen LogP contribution in [0.2, 0.25) is 0 Å². The first-order chi connectivity index (χ1) is 10.8. The molecule has 1 atom stereocenters. The van der Waals surface area contributed by atoms with E-state index in [1.54, 1.807) is 17.0 Å². The average molecular weight is 295 g/mol. The van der Waals surface area contributed by atoms with E-state index >= 15 is 0 Å². The minimum Gasteiger partial charge on any atom is -0.447 e. The molecule has 2 aromatic rings. The van der Waals surface area contributed by atoms with Crippen molar-refractivity contribution in [2.24, 2.45) is 0 Å². The Labute approximate surface area is 129 Å². The number of Topliss-reactive ketones (excluding diaryl/α,β-unsaturated/α-hetero) is 1. The number of carbonyl (C=O) groups excluding carboxylic acids is 2. The number of ether oxygens (including phenoxy) is 1. The largest absolute Gasteiger partial charge is 0.447 e. The van der Waals surface area contributed by atoms with Crippen molar-refractivity contribution < 1.29 is 14.3 Å². The smallest absolute Gasteiger partial charge is 0.410 e. The molecule has 1 aliphatic heterocycles. The van der Waals surface area contributed by atoms with Crippen LogP contribution < -0.4 is 0 Å². The number of hydrogen-bond acceptors (Lipinski definition) is 3. The lowest BCUT2D eigenvalue weighted by Gasteiger charge is -2.21. The van der Waals surface area contributed by atoms with E-state index in [9.17, 15) is 9.59 Å². The van der Waals surface area contributed by atoms with Gasteiger partial charge < -0.3 is 4.74 Å². The Bertz CT molecular complexity index is 655. The summed E-state index contributed by atoms with van der Waals surface area (Å²) >= 11 is 0. The van der Waals surface area contributed by atoms with E-state index < -0.39 is 0 Å². The topological polar surface area (TPSA) is 46.6 Å².